The van der Waals surface area contributed by atoms with E-state index in [2.05, 4.69) is 20.3 Å². The number of benzene rings is 1. The highest BCUT2D eigenvalue weighted by atomic mass is 35.5. The molecule has 0 aliphatic heterocycles. The van der Waals surface area contributed by atoms with Crippen LogP contribution >= 0.6 is 11.6 Å². The fourth-order valence-electron chi connectivity index (χ4n) is 1.29. The molecule has 0 bridgehead atoms. The summed E-state index contributed by atoms with van der Waals surface area (Å²) in [5, 5.41) is 2.33. The van der Waals surface area contributed by atoms with Gasteiger partial charge in [-0.05, 0) is 6.07 Å². The molecule has 0 saturated heterocycles. The van der Waals surface area contributed by atoms with Gasteiger partial charge in [0.15, 0.2) is 5.82 Å². The Bertz CT molecular complexity index is 602. The Kier molecular flexibility index (Phi) is 3.61. The average Bonchev–Trinajstić information content (AvgIpc) is 2.33. The van der Waals surface area contributed by atoms with Crippen LogP contribution < -0.4 is 15.8 Å². The van der Waals surface area contributed by atoms with Gasteiger partial charge < -0.3 is 15.8 Å². The largest absolute Gasteiger partial charge is 0.467 e. The van der Waals surface area contributed by atoms with E-state index in [0.29, 0.717) is 6.07 Å². The van der Waals surface area contributed by atoms with Crippen LogP contribution in [0.4, 0.5) is 26.4 Å². The van der Waals surface area contributed by atoms with E-state index in [9.17, 15) is 8.78 Å². The van der Waals surface area contributed by atoms with Gasteiger partial charge in [-0.25, -0.2) is 8.78 Å². The van der Waals surface area contributed by atoms with Crippen LogP contribution in [0.2, 0.25) is 5.02 Å². The fourth-order valence-corrected chi connectivity index (χ4v) is 1.53. The molecule has 1 heterocycles. The van der Waals surface area contributed by atoms with Crippen LogP contribution in [0.15, 0.2) is 12.1 Å². The van der Waals surface area contributed by atoms with E-state index in [0.717, 1.165) is 6.07 Å². The third kappa shape index (κ3) is 2.97. The van der Waals surface area contributed by atoms with Gasteiger partial charge in [-0.2, -0.15) is 15.0 Å². The van der Waals surface area contributed by atoms with E-state index < -0.39 is 11.6 Å². The second-order valence-corrected chi connectivity index (χ2v) is 3.78. The van der Waals surface area contributed by atoms with E-state index in [1.807, 2.05) is 0 Å². The molecule has 0 aliphatic rings. The summed E-state index contributed by atoms with van der Waals surface area (Å²) in [6, 6.07) is 1.58. The second kappa shape index (κ2) is 5.19. The van der Waals surface area contributed by atoms with Gasteiger partial charge in [0.2, 0.25) is 11.9 Å². The molecule has 0 saturated carbocycles. The number of halogens is 3. The van der Waals surface area contributed by atoms with Gasteiger partial charge in [0.1, 0.15) is 5.82 Å². The lowest BCUT2D eigenvalue weighted by Gasteiger charge is -2.09. The first-order chi connectivity index (χ1) is 8.99. The molecule has 1 aromatic heterocycles. The molecule has 0 unspecified atom stereocenters. The zero-order chi connectivity index (χ0) is 14.0. The quantitative estimate of drug-likeness (QED) is 0.899. The minimum absolute atomic E-state index is 0.0476. The maximum absolute atomic E-state index is 13.6. The maximum Gasteiger partial charge on any atom is 0.322 e. The van der Waals surface area contributed by atoms with E-state index in [-0.39, 0.29) is 28.6 Å². The van der Waals surface area contributed by atoms with E-state index in [1.54, 1.807) is 0 Å². The van der Waals surface area contributed by atoms with Gasteiger partial charge in [-0.15, -0.1) is 0 Å². The Morgan fingerprint density at radius 3 is 2.63 bits per heavy atom. The number of hydrogen-bond donors (Lipinski definition) is 2. The van der Waals surface area contributed by atoms with Crippen molar-refractivity contribution in [1.29, 1.82) is 0 Å². The third-order valence-corrected chi connectivity index (χ3v) is 2.36. The SMILES string of the molecule is COc1nc(N)nc(Nc2c(F)cc(F)cc2Cl)n1. The van der Waals surface area contributed by atoms with Gasteiger partial charge >= 0.3 is 6.01 Å². The second-order valence-electron chi connectivity index (χ2n) is 3.37. The number of anilines is 3. The van der Waals surface area contributed by atoms with Gasteiger partial charge in [-0.1, -0.05) is 11.6 Å². The number of nitrogens with one attached hydrogen (secondary N) is 1. The molecule has 0 atom stereocenters. The number of hydrogen-bond acceptors (Lipinski definition) is 6. The van der Waals surface area contributed by atoms with Crippen LogP contribution in [-0.4, -0.2) is 22.1 Å². The van der Waals surface area contributed by atoms with E-state index >= 15 is 0 Å². The Hall–Kier alpha value is -2.22. The molecular weight excluding hydrogens is 280 g/mol. The number of nitrogens with zero attached hydrogens (tertiary/aromatic N) is 3. The number of ether oxygens (including phenoxy) is 1. The summed E-state index contributed by atoms with van der Waals surface area (Å²) in [7, 11) is 1.34. The molecule has 0 fully saturated rings. The van der Waals surface area contributed by atoms with E-state index in [1.165, 1.54) is 7.11 Å². The summed E-state index contributed by atoms with van der Waals surface area (Å²) >= 11 is 5.72. The Labute approximate surface area is 111 Å². The number of nitrogen functional groups attached to an aromatic ring is 1. The van der Waals surface area contributed by atoms with Gasteiger partial charge in [-0.3, -0.25) is 0 Å². The van der Waals surface area contributed by atoms with Crippen LogP contribution in [0.25, 0.3) is 0 Å². The standard InChI is InChI=1S/C10H8ClF2N5O/c1-19-10-17-8(14)16-9(18-10)15-7-5(11)2-4(12)3-6(7)13/h2-3H,1H3,(H3,14,15,16,17,18). The highest BCUT2D eigenvalue weighted by molar-refractivity contribution is 6.33. The van der Waals surface area contributed by atoms with Crippen molar-refractivity contribution in [2.45, 2.75) is 0 Å². The summed E-state index contributed by atoms with van der Waals surface area (Å²) in [6.07, 6.45) is 0. The van der Waals surface area contributed by atoms with Crippen molar-refractivity contribution in [3.05, 3.63) is 28.8 Å². The van der Waals surface area contributed by atoms with Crippen LogP contribution in [-0.2, 0) is 0 Å². The molecule has 9 heteroatoms. The Morgan fingerprint density at radius 1 is 1.26 bits per heavy atom. The maximum atomic E-state index is 13.6. The normalized spacial score (nSPS) is 10.3. The smallest absolute Gasteiger partial charge is 0.322 e. The summed E-state index contributed by atoms with van der Waals surface area (Å²) in [6.45, 7) is 0. The summed E-state index contributed by atoms with van der Waals surface area (Å²) in [5.74, 6) is -1.87. The van der Waals surface area contributed by atoms with Gasteiger partial charge in [0, 0.05) is 6.07 Å². The summed E-state index contributed by atoms with van der Waals surface area (Å²) in [5.41, 5.74) is 5.25. The average molecular weight is 288 g/mol. The zero-order valence-corrected chi connectivity index (χ0v) is 10.4. The lowest BCUT2D eigenvalue weighted by molar-refractivity contribution is 0.380. The van der Waals surface area contributed by atoms with Crippen molar-refractivity contribution in [2.75, 3.05) is 18.2 Å². The molecule has 6 nitrogen and oxygen atoms in total. The highest BCUT2D eigenvalue weighted by Gasteiger charge is 2.13. The van der Waals surface area contributed by atoms with Crippen LogP contribution in [0.3, 0.4) is 0 Å². The molecule has 3 N–H and O–H groups in total. The topological polar surface area (TPSA) is 86.0 Å². The molecule has 1 aromatic carbocycles. The molecule has 2 rings (SSSR count). The Morgan fingerprint density at radius 2 is 2.00 bits per heavy atom. The molecular formula is C10H8ClF2N5O. The molecule has 19 heavy (non-hydrogen) atoms. The van der Waals surface area contributed by atoms with Crippen LogP contribution in [0.1, 0.15) is 0 Å². The predicted molar refractivity (Wildman–Crippen MR) is 65.4 cm³/mol. The summed E-state index contributed by atoms with van der Waals surface area (Å²) in [4.78, 5) is 11.2. The molecule has 2 aromatic rings. The first-order valence-electron chi connectivity index (χ1n) is 4.96. The Balaban J connectivity index is 2.39. The third-order valence-electron chi connectivity index (χ3n) is 2.06. The highest BCUT2D eigenvalue weighted by Crippen LogP contribution is 2.28. The number of rotatable bonds is 3. The van der Waals surface area contributed by atoms with Crippen molar-refractivity contribution in [1.82, 2.24) is 15.0 Å². The van der Waals surface area contributed by atoms with Gasteiger partial charge in [0.25, 0.3) is 0 Å². The van der Waals surface area contributed by atoms with Crippen LogP contribution in [0, 0.1) is 11.6 Å². The molecule has 0 amide bonds. The fraction of sp³-hybridized carbons (Fsp3) is 0.100. The lowest BCUT2D eigenvalue weighted by atomic mass is 10.3. The minimum atomic E-state index is -0.886. The first-order valence-corrected chi connectivity index (χ1v) is 5.34. The molecule has 100 valence electrons. The van der Waals surface area contributed by atoms with Crippen molar-refractivity contribution >= 4 is 29.2 Å². The zero-order valence-electron chi connectivity index (χ0n) is 9.62. The number of nitrogens with two attached hydrogens (primary N) is 1. The van der Waals surface area contributed by atoms with Crippen LogP contribution in [0.5, 0.6) is 6.01 Å². The van der Waals surface area contributed by atoms with Crippen molar-refractivity contribution in [2.24, 2.45) is 0 Å². The minimum Gasteiger partial charge on any atom is -0.467 e. The molecule has 0 aliphatic carbocycles. The first kappa shape index (κ1) is 13.2. The predicted octanol–water partition coefficient (Wildman–Crippen LogP) is 2.14. The summed E-state index contributed by atoms with van der Waals surface area (Å²) < 4.78 is 31.2. The van der Waals surface area contributed by atoms with E-state index in [4.69, 9.17) is 22.1 Å². The number of aromatic nitrogens is 3. The van der Waals surface area contributed by atoms with Crippen molar-refractivity contribution < 1.29 is 13.5 Å². The molecule has 0 radical (unpaired) electrons. The van der Waals surface area contributed by atoms with Crippen molar-refractivity contribution in [3.63, 3.8) is 0 Å². The monoisotopic (exact) mass is 287 g/mol. The number of methoxy groups -OCH3 is 1. The molecule has 0 spiro atoms. The lowest BCUT2D eigenvalue weighted by Crippen LogP contribution is -2.06. The van der Waals surface area contributed by atoms with Crippen molar-refractivity contribution in [3.8, 4) is 6.01 Å². The van der Waals surface area contributed by atoms with Gasteiger partial charge in [0.05, 0.1) is 17.8 Å².